The molecule has 2 amide bonds. The molecule has 1 heterocycles. The molecule has 0 fully saturated rings. The van der Waals surface area contributed by atoms with E-state index in [4.69, 9.17) is 4.74 Å². The van der Waals surface area contributed by atoms with Gasteiger partial charge in [-0.2, -0.15) is 8.42 Å². The highest BCUT2D eigenvalue weighted by atomic mass is 32.2. The first-order chi connectivity index (χ1) is 13.8. The van der Waals surface area contributed by atoms with Crippen molar-refractivity contribution in [3.05, 3.63) is 59.7 Å². The fourth-order valence-electron chi connectivity index (χ4n) is 3.16. The maximum atomic E-state index is 12.9. The summed E-state index contributed by atoms with van der Waals surface area (Å²) in [6.07, 6.45) is 1.40. The van der Waals surface area contributed by atoms with Crippen LogP contribution < -0.4 is 4.74 Å². The van der Waals surface area contributed by atoms with Crippen LogP contribution in [0.15, 0.2) is 53.4 Å². The van der Waals surface area contributed by atoms with Crippen LogP contribution >= 0.6 is 0 Å². The van der Waals surface area contributed by atoms with Gasteiger partial charge >= 0.3 is 5.97 Å². The van der Waals surface area contributed by atoms with E-state index >= 15 is 0 Å². The van der Waals surface area contributed by atoms with Crippen LogP contribution in [0.1, 0.15) is 46.9 Å². The molecule has 9 heteroatoms. The number of carbonyl (C=O) groups excluding carboxylic acids is 3. The zero-order chi connectivity index (χ0) is 21.2. The number of fused-ring (bicyclic) bond motifs is 1. The molecule has 1 N–H and O–H groups in total. The molecule has 0 aromatic heterocycles. The van der Waals surface area contributed by atoms with Crippen LogP contribution in [0.2, 0.25) is 0 Å². The molecule has 1 atom stereocenters. The Kier molecular flexibility index (Phi) is 5.81. The Morgan fingerprint density at radius 3 is 2.14 bits per heavy atom. The van der Waals surface area contributed by atoms with Gasteiger partial charge < -0.3 is 4.74 Å². The van der Waals surface area contributed by atoms with Gasteiger partial charge in [-0.05, 0) is 30.7 Å². The van der Waals surface area contributed by atoms with E-state index in [9.17, 15) is 27.4 Å². The van der Waals surface area contributed by atoms with E-state index in [1.807, 2.05) is 6.92 Å². The highest BCUT2D eigenvalue weighted by Gasteiger charge is 2.43. The smallest absolute Gasteiger partial charge is 0.334 e. The van der Waals surface area contributed by atoms with E-state index in [-0.39, 0.29) is 23.3 Å². The van der Waals surface area contributed by atoms with Gasteiger partial charge in [0, 0.05) is 0 Å². The lowest BCUT2D eigenvalue weighted by atomic mass is 10.1. The summed E-state index contributed by atoms with van der Waals surface area (Å²) in [6.45, 7) is 1.89. The first-order valence-corrected chi connectivity index (χ1v) is 10.4. The molecule has 3 rings (SSSR count). The molecule has 0 aliphatic carbocycles. The Hall–Kier alpha value is -3.04. The Morgan fingerprint density at radius 1 is 1.03 bits per heavy atom. The molecule has 0 saturated heterocycles. The van der Waals surface area contributed by atoms with E-state index in [1.165, 1.54) is 30.3 Å². The monoisotopic (exact) mass is 417 g/mol. The van der Waals surface area contributed by atoms with Crippen LogP contribution in [-0.4, -0.2) is 41.7 Å². The lowest BCUT2D eigenvalue weighted by Gasteiger charge is -2.24. The second-order valence-corrected chi connectivity index (χ2v) is 7.92. The fourth-order valence-corrected chi connectivity index (χ4v) is 3.78. The molecule has 1 aliphatic rings. The van der Waals surface area contributed by atoms with E-state index in [1.54, 1.807) is 12.1 Å². The topological polar surface area (TPSA) is 118 Å². The largest absolute Gasteiger partial charge is 0.423 e. The van der Waals surface area contributed by atoms with Crippen molar-refractivity contribution in [2.45, 2.75) is 37.1 Å². The third-order valence-electron chi connectivity index (χ3n) is 4.58. The van der Waals surface area contributed by atoms with Crippen molar-refractivity contribution in [3.8, 4) is 5.75 Å². The van der Waals surface area contributed by atoms with Crippen LogP contribution in [0.4, 0.5) is 0 Å². The van der Waals surface area contributed by atoms with Crippen molar-refractivity contribution in [3.63, 3.8) is 0 Å². The highest BCUT2D eigenvalue weighted by Crippen LogP contribution is 2.29. The number of nitrogens with zero attached hydrogens (tertiary/aromatic N) is 1. The summed E-state index contributed by atoms with van der Waals surface area (Å²) >= 11 is 0. The first kappa shape index (κ1) is 20.7. The van der Waals surface area contributed by atoms with Gasteiger partial charge in [-0.1, -0.05) is 44.0 Å². The van der Waals surface area contributed by atoms with Gasteiger partial charge in [0.25, 0.3) is 21.9 Å². The van der Waals surface area contributed by atoms with Crippen molar-refractivity contribution in [2.24, 2.45) is 0 Å². The van der Waals surface area contributed by atoms with Crippen molar-refractivity contribution in [1.82, 2.24) is 4.90 Å². The van der Waals surface area contributed by atoms with Crippen molar-refractivity contribution in [1.29, 1.82) is 0 Å². The number of para-hydroxylation sites is 1. The summed E-state index contributed by atoms with van der Waals surface area (Å²) in [5.74, 6) is -2.54. The number of imide groups is 1. The zero-order valence-corrected chi connectivity index (χ0v) is 16.4. The van der Waals surface area contributed by atoms with Crippen LogP contribution in [0, 0.1) is 0 Å². The van der Waals surface area contributed by atoms with Crippen LogP contribution in [-0.2, 0) is 14.9 Å². The fraction of sp³-hybridized carbons (Fsp3) is 0.250. The molecule has 1 aliphatic heterocycles. The standard InChI is InChI=1S/C20H19NO7S/c1-2-3-10-15(21-18(22)13-8-4-5-9-14(13)19(21)23)20(24)28-16-11-6-7-12-17(16)29(25,26)27/h4-9,11-12,15H,2-3,10H2,1H3,(H,25,26,27). The van der Waals surface area contributed by atoms with Crippen molar-refractivity contribution < 1.29 is 32.1 Å². The highest BCUT2D eigenvalue weighted by molar-refractivity contribution is 7.86. The molecule has 0 saturated carbocycles. The van der Waals surface area contributed by atoms with Gasteiger partial charge in [0.1, 0.15) is 10.9 Å². The zero-order valence-electron chi connectivity index (χ0n) is 15.6. The molecular weight excluding hydrogens is 398 g/mol. The molecular formula is C20H19NO7S. The molecule has 29 heavy (non-hydrogen) atoms. The Labute approximate surface area is 167 Å². The third-order valence-corrected chi connectivity index (χ3v) is 5.47. The lowest BCUT2D eigenvalue weighted by molar-refractivity contribution is -0.139. The number of rotatable bonds is 7. The average molecular weight is 417 g/mol. The number of hydrogen-bond donors (Lipinski definition) is 1. The Morgan fingerprint density at radius 2 is 1.59 bits per heavy atom. The van der Waals surface area contributed by atoms with E-state index < -0.39 is 38.8 Å². The second kappa shape index (κ2) is 8.14. The summed E-state index contributed by atoms with van der Waals surface area (Å²) in [6, 6.07) is 10.1. The van der Waals surface area contributed by atoms with Crippen LogP contribution in [0.3, 0.4) is 0 Å². The van der Waals surface area contributed by atoms with Gasteiger partial charge in [0.2, 0.25) is 0 Å². The molecule has 0 bridgehead atoms. The van der Waals surface area contributed by atoms with Gasteiger partial charge in [-0.15, -0.1) is 0 Å². The van der Waals surface area contributed by atoms with E-state index in [0.717, 1.165) is 11.0 Å². The van der Waals surface area contributed by atoms with Gasteiger partial charge in [0.15, 0.2) is 5.75 Å². The summed E-state index contributed by atoms with van der Waals surface area (Å²) < 4.78 is 37.6. The minimum absolute atomic E-state index is 0.162. The maximum Gasteiger partial charge on any atom is 0.334 e. The average Bonchev–Trinajstić information content (AvgIpc) is 2.93. The van der Waals surface area contributed by atoms with Gasteiger partial charge in [0.05, 0.1) is 11.1 Å². The SMILES string of the molecule is CCCCC(C(=O)Oc1ccccc1S(=O)(=O)O)N1C(=O)c2ccccc2C1=O. The lowest BCUT2D eigenvalue weighted by Crippen LogP contribution is -2.46. The number of benzene rings is 2. The first-order valence-electron chi connectivity index (χ1n) is 9.00. The van der Waals surface area contributed by atoms with Crippen molar-refractivity contribution in [2.75, 3.05) is 0 Å². The van der Waals surface area contributed by atoms with Gasteiger partial charge in [-0.3, -0.25) is 19.0 Å². The summed E-state index contributed by atoms with van der Waals surface area (Å²) in [5.41, 5.74) is 0.398. The molecule has 0 radical (unpaired) electrons. The quantitative estimate of drug-likeness (QED) is 0.318. The van der Waals surface area contributed by atoms with Crippen LogP contribution in [0.25, 0.3) is 0 Å². The number of amides is 2. The molecule has 2 aromatic rings. The minimum Gasteiger partial charge on any atom is -0.423 e. The molecule has 152 valence electrons. The number of carbonyl (C=O) groups is 3. The van der Waals surface area contributed by atoms with Gasteiger partial charge in [-0.25, -0.2) is 4.79 Å². The van der Waals surface area contributed by atoms with Crippen molar-refractivity contribution >= 4 is 27.9 Å². The van der Waals surface area contributed by atoms with E-state index in [2.05, 4.69) is 0 Å². The number of unbranched alkanes of at least 4 members (excludes halogenated alkanes) is 1. The Balaban J connectivity index is 1.94. The third kappa shape index (κ3) is 4.06. The predicted octanol–water partition coefficient (Wildman–Crippen LogP) is 2.69. The predicted molar refractivity (Wildman–Crippen MR) is 102 cm³/mol. The second-order valence-electron chi connectivity index (χ2n) is 6.53. The summed E-state index contributed by atoms with van der Waals surface area (Å²) in [5, 5.41) is 0. The normalized spacial score (nSPS) is 14.6. The van der Waals surface area contributed by atoms with Crippen LogP contribution in [0.5, 0.6) is 5.75 Å². The Bertz CT molecular complexity index is 1040. The summed E-state index contributed by atoms with van der Waals surface area (Å²) in [7, 11) is -4.63. The minimum atomic E-state index is -4.63. The van der Waals surface area contributed by atoms with E-state index in [0.29, 0.717) is 12.8 Å². The molecule has 8 nitrogen and oxygen atoms in total. The number of esters is 1. The maximum absolute atomic E-state index is 12.9. The number of hydrogen-bond acceptors (Lipinski definition) is 6. The molecule has 0 spiro atoms. The molecule has 2 aromatic carbocycles. The molecule has 1 unspecified atom stereocenters. The number of ether oxygens (including phenoxy) is 1. The summed E-state index contributed by atoms with van der Waals surface area (Å²) in [4.78, 5) is 38.7.